The van der Waals surface area contributed by atoms with Gasteiger partial charge in [0.1, 0.15) is 5.54 Å². The van der Waals surface area contributed by atoms with E-state index < -0.39 is 5.54 Å². The quantitative estimate of drug-likeness (QED) is 0.541. The standard InChI is InChI=1S/C25H30N4O/c1-19(2)22-5-7-23(8-6-22)25(24(26)30,13-9-21-4-3-14-28-18-21)29-17-12-20-10-15-27-16-11-20/h3-8,10-11,14-16,18-19,29H,9,12-13,17H2,1-2H3,(H2,26,30). The molecular formula is C25H30N4O. The molecular weight excluding hydrogens is 372 g/mol. The average molecular weight is 403 g/mol. The second-order valence-electron chi connectivity index (χ2n) is 7.94. The van der Waals surface area contributed by atoms with Gasteiger partial charge in [0.15, 0.2) is 0 Å². The summed E-state index contributed by atoms with van der Waals surface area (Å²) in [6.45, 7) is 4.95. The second-order valence-corrected chi connectivity index (χ2v) is 7.94. The molecule has 3 rings (SSSR count). The third kappa shape index (κ3) is 5.30. The lowest BCUT2D eigenvalue weighted by Crippen LogP contribution is -2.53. The van der Waals surface area contributed by atoms with Crippen LogP contribution in [-0.4, -0.2) is 22.4 Å². The zero-order chi connectivity index (χ0) is 21.4. The molecule has 0 saturated carbocycles. The Morgan fingerprint density at radius 1 is 0.967 bits per heavy atom. The van der Waals surface area contributed by atoms with Crippen molar-refractivity contribution in [1.82, 2.24) is 15.3 Å². The van der Waals surface area contributed by atoms with Gasteiger partial charge in [0.05, 0.1) is 0 Å². The molecule has 0 radical (unpaired) electrons. The van der Waals surface area contributed by atoms with Crippen LogP contribution in [0.5, 0.6) is 0 Å². The molecule has 3 aromatic rings. The summed E-state index contributed by atoms with van der Waals surface area (Å²) in [4.78, 5) is 21.1. The van der Waals surface area contributed by atoms with Gasteiger partial charge in [-0.2, -0.15) is 0 Å². The van der Waals surface area contributed by atoms with Crippen LogP contribution in [0, 0.1) is 0 Å². The van der Waals surface area contributed by atoms with E-state index in [9.17, 15) is 4.79 Å². The van der Waals surface area contributed by atoms with Gasteiger partial charge in [-0.3, -0.25) is 20.1 Å². The summed E-state index contributed by atoms with van der Waals surface area (Å²) >= 11 is 0. The van der Waals surface area contributed by atoms with Crippen molar-refractivity contribution in [2.24, 2.45) is 5.73 Å². The van der Waals surface area contributed by atoms with E-state index in [-0.39, 0.29) is 5.91 Å². The SMILES string of the molecule is CC(C)c1ccc(C(CCc2cccnc2)(NCCc2ccncc2)C(N)=O)cc1. The maximum Gasteiger partial charge on any atom is 0.242 e. The number of pyridine rings is 2. The van der Waals surface area contributed by atoms with Crippen LogP contribution in [0.3, 0.4) is 0 Å². The number of rotatable bonds is 10. The molecule has 5 heteroatoms. The van der Waals surface area contributed by atoms with Gasteiger partial charge in [0.2, 0.25) is 5.91 Å². The van der Waals surface area contributed by atoms with Crippen molar-refractivity contribution in [3.05, 3.63) is 95.6 Å². The largest absolute Gasteiger partial charge is 0.368 e. The number of nitrogens with one attached hydrogen (secondary N) is 1. The number of amides is 1. The number of aromatic nitrogens is 2. The topological polar surface area (TPSA) is 80.9 Å². The van der Waals surface area contributed by atoms with E-state index in [1.165, 1.54) is 11.1 Å². The summed E-state index contributed by atoms with van der Waals surface area (Å²) in [6, 6.07) is 16.2. The van der Waals surface area contributed by atoms with E-state index in [0.29, 0.717) is 25.3 Å². The summed E-state index contributed by atoms with van der Waals surface area (Å²) in [5.41, 5.74) is 9.46. The highest BCUT2D eigenvalue weighted by Crippen LogP contribution is 2.29. The van der Waals surface area contributed by atoms with E-state index in [0.717, 1.165) is 17.5 Å². The van der Waals surface area contributed by atoms with E-state index in [4.69, 9.17) is 5.73 Å². The fraction of sp³-hybridized carbons (Fsp3) is 0.320. The van der Waals surface area contributed by atoms with Gasteiger partial charge in [0, 0.05) is 31.3 Å². The van der Waals surface area contributed by atoms with E-state index in [1.54, 1.807) is 18.6 Å². The van der Waals surface area contributed by atoms with Crippen LogP contribution < -0.4 is 11.1 Å². The Hall–Kier alpha value is -3.05. The highest BCUT2D eigenvalue weighted by Gasteiger charge is 2.37. The first-order valence-corrected chi connectivity index (χ1v) is 10.4. The van der Waals surface area contributed by atoms with Crippen LogP contribution in [0.2, 0.25) is 0 Å². The number of hydrogen-bond acceptors (Lipinski definition) is 4. The van der Waals surface area contributed by atoms with Crippen LogP contribution in [0.1, 0.15) is 48.4 Å². The lowest BCUT2D eigenvalue weighted by atomic mass is 9.82. The van der Waals surface area contributed by atoms with Crippen molar-refractivity contribution in [2.45, 2.75) is 44.6 Å². The molecule has 0 spiro atoms. The highest BCUT2D eigenvalue weighted by molar-refractivity contribution is 5.86. The zero-order valence-electron chi connectivity index (χ0n) is 17.7. The molecule has 0 fully saturated rings. The Labute approximate surface area is 178 Å². The van der Waals surface area contributed by atoms with Crippen molar-refractivity contribution in [1.29, 1.82) is 0 Å². The third-order valence-electron chi connectivity index (χ3n) is 5.59. The molecule has 3 N–H and O–H groups in total. The Morgan fingerprint density at radius 3 is 2.30 bits per heavy atom. The summed E-state index contributed by atoms with van der Waals surface area (Å²) in [5, 5.41) is 3.50. The molecule has 2 aromatic heterocycles. The fourth-order valence-electron chi connectivity index (χ4n) is 3.69. The molecule has 1 unspecified atom stereocenters. The maximum atomic E-state index is 12.8. The minimum Gasteiger partial charge on any atom is -0.368 e. The Kier molecular flexibility index (Phi) is 7.31. The van der Waals surface area contributed by atoms with Gasteiger partial charge < -0.3 is 5.73 Å². The normalized spacial score (nSPS) is 13.2. The smallest absolute Gasteiger partial charge is 0.242 e. The van der Waals surface area contributed by atoms with Crippen LogP contribution in [0.4, 0.5) is 0 Å². The summed E-state index contributed by atoms with van der Waals surface area (Å²) in [5.74, 6) is 0.0653. The monoisotopic (exact) mass is 402 g/mol. The predicted molar refractivity (Wildman–Crippen MR) is 120 cm³/mol. The Bertz CT molecular complexity index is 926. The number of benzene rings is 1. The number of nitrogens with two attached hydrogens (primary N) is 1. The molecule has 0 saturated heterocycles. The van der Waals surface area contributed by atoms with Crippen molar-refractivity contribution < 1.29 is 4.79 Å². The van der Waals surface area contributed by atoms with Gasteiger partial charge in [-0.05, 0) is 65.6 Å². The van der Waals surface area contributed by atoms with E-state index in [1.807, 2.05) is 42.6 Å². The molecule has 0 aliphatic heterocycles. The Balaban J connectivity index is 1.86. The molecule has 1 amide bonds. The number of aryl methyl sites for hydroxylation is 1. The van der Waals surface area contributed by atoms with Crippen molar-refractivity contribution in [3.63, 3.8) is 0 Å². The summed E-state index contributed by atoms with van der Waals surface area (Å²) in [6.07, 6.45) is 9.20. The van der Waals surface area contributed by atoms with Gasteiger partial charge in [-0.15, -0.1) is 0 Å². The number of carbonyl (C=O) groups excluding carboxylic acids is 1. The van der Waals surface area contributed by atoms with Gasteiger partial charge in [-0.1, -0.05) is 44.2 Å². The van der Waals surface area contributed by atoms with Crippen molar-refractivity contribution in [3.8, 4) is 0 Å². The second kappa shape index (κ2) is 10.1. The third-order valence-corrected chi connectivity index (χ3v) is 5.59. The summed E-state index contributed by atoms with van der Waals surface area (Å²) < 4.78 is 0. The van der Waals surface area contributed by atoms with E-state index in [2.05, 4.69) is 41.3 Å². The number of nitrogens with zero attached hydrogens (tertiary/aromatic N) is 2. The van der Waals surface area contributed by atoms with Crippen molar-refractivity contribution in [2.75, 3.05) is 6.54 Å². The van der Waals surface area contributed by atoms with Crippen LogP contribution in [-0.2, 0) is 23.2 Å². The number of carbonyl (C=O) groups is 1. The summed E-state index contributed by atoms with van der Waals surface area (Å²) in [7, 11) is 0. The first kappa shape index (κ1) is 21.7. The van der Waals surface area contributed by atoms with Gasteiger partial charge in [-0.25, -0.2) is 0 Å². The number of hydrogen-bond donors (Lipinski definition) is 2. The molecule has 156 valence electrons. The molecule has 30 heavy (non-hydrogen) atoms. The molecule has 0 bridgehead atoms. The molecule has 5 nitrogen and oxygen atoms in total. The molecule has 0 aliphatic carbocycles. The Morgan fingerprint density at radius 2 is 1.70 bits per heavy atom. The predicted octanol–water partition coefficient (Wildman–Crippen LogP) is 3.75. The molecule has 2 heterocycles. The highest BCUT2D eigenvalue weighted by atomic mass is 16.1. The molecule has 0 aliphatic rings. The first-order valence-electron chi connectivity index (χ1n) is 10.4. The average Bonchev–Trinajstić information content (AvgIpc) is 2.77. The minimum atomic E-state index is -0.946. The molecule has 1 aromatic carbocycles. The molecule has 1 atom stereocenters. The van der Waals surface area contributed by atoms with Crippen LogP contribution in [0.25, 0.3) is 0 Å². The lowest BCUT2D eigenvalue weighted by Gasteiger charge is -2.33. The maximum absolute atomic E-state index is 12.8. The number of primary amides is 1. The minimum absolute atomic E-state index is 0.363. The first-order chi connectivity index (χ1) is 14.5. The fourth-order valence-corrected chi connectivity index (χ4v) is 3.69. The van der Waals surface area contributed by atoms with E-state index >= 15 is 0 Å². The van der Waals surface area contributed by atoms with Gasteiger partial charge >= 0.3 is 0 Å². The lowest BCUT2D eigenvalue weighted by molar-refractivity contribution is -0.125. The zero-order valence-corrected chi connectivity index (χ0v) is 17.7. The van der Waals surface area contributed by atoms with Crippen LogP contribution >= 0.6 is 0 Å². The van der Waals surface area contributed by atoms with Gasteiger partial charge in [0.25, 0.3) is 0 Å². The van der Waals surface area contributed by atoms with Crippen molar-refractivity contribution >= 4 is 5.91 Å². The van der Waals surface area contributed by atoms with Crippen LogP contribution in [0.15, 0.2) is 73.3 Å².